The molecule has 0 heterocycles. The molecule has 1 aromatic carbocycles. The fraction of sp³-hybridized carbons (Fsp3) is 0.462. The van der Waals surface area contributed by atoms with Gasteiger partial charge in [-0.05, 0) is 24.5 Å². The summed E-state index contributed by atoms with van der Waals surface area (Å²) in [6, 6.07) is 4.85. The number of rotatable bonds is 2. The van der Waals surface area contributed by atoms with Crippen molar-refractivity contribution in [2.45, 2.75) is 38.8 Å². The van der Waals surface area contributed by atoms with Gasteiger partial charge in [0, 0.05) is 11.6 Å². The highest BCUT2D eigenvalue weighted by atomic mass is 19.1. The molecule has 1 aliphatic rings. The van der Waals surface area contributed by atoms with Crippen LogP contribution in [0.5, 0.6) is 0 Å². The number of nitrogens with one attached hydrogen (secondary N) is 1. The van der Waals surface area contributed by atoms with Crippen molar-refractivity contribution in [1.29, 1.82) is 0 Å². The SMILES string of the molecule is CC(C)NC1CCc2c(F)cccc2C1=O. The normalized spacial score (nSPS) is 20.0. The Morgan fingerprint density at radius 3 is 2.88 bits per heavy atom. The van der Waals surface area contributed by atoms with E-state index in [9.17, 15) is 9.18 Å². The minimum absolute atomic E-state index is 0.0226. The predicted octanol–water partition coefficient (Wildman–Crippen LogP) is 2.32. The van der Waals surface area contributed by atoms with E-state index in [4.69, 9.17) is 0 Å². The van der Waals surface area contributed by atoms with Gasteiger partial charge in [0.25, 0.3) is 0 Å². The fourth-order valence-corrected chi connectivity index (χ4v) is 2.21. The number of carbonyl (C=O) groups excluding carboxylic acids is 1. The summed E-state index contributed by atoms with van der Waals surface area (Å²) in [4.78, 5) is 12.1. The molecule has 0 saturated heterocycles. The van der Waals surface area contributed by atoms with Crippen molar-refractivity contribution >= 4 is 5.78 Å². The van der Waals surface area contributed by atoms with Crippen LogP contribution in [0.15, 0.2) is 18.2 Å². The van der Waals surface area contributed by atoms with Crippen LogP contribution < -0.4 is 5.32 Å². The van der Waals surface area contributed by atoms with Gasteiger partial charge in [-0.1, -0.05) is 26.0 Å². The van der Waals surface area contributed by atoms with E-state index in [1.54, 1.807) is 12.1 Å². The Balaban J connectivity index is 2.29. The molecule has 0 aromatic heterocycles. The van der Waals surface area contributed by atoms with E-state index < -0.39 is 0 Å². The third kappa shape index (κ3) is 2.00. The van der Waals surface area contributed by atoms with Gasteiger partial charge < -0.3 is 5.32 Å². The van der Waals surface area contributed by atoms with E-state index in [0.717, 1.165) is 0 Å². The lowest BCUT2D eigenvalue weighted by molar-refractivity contribution is 0.0921. The van der Waals surface area contributed by atoms with Crippen molar-refractivity contribution in [3.8, 4) is 0 Å². The van der Waals surface area contributed by atoms with Crippen LogP contribution in [0.4, 0.5) is 4.39 Å². The number of halogens is 1. The summed E-state index contributed by atoms with van der Waals surface area (Å²) < 4.78 is 13.5. The molecular weight excluding hydrogens is 205 g/mol. The Hall–Kier alpha value is -1.22. The Bertz CT molecular complexity index is 414. The Kier molecular flexibility index (Phi) is 3.06. The minimum atomic E-state index is -0.256. The molecular formula is C13H16FNO. The number of hydrogen-bond donors (Lipinski definition) is 1. The maximum atomic E-state index is 13.5. The first-order chi connectivity index (χ1) is 7.59. The average molecular weight is 221 g/mol. The summed E-state index contributed by atoms with van der Waals surface area (Å²) in [6.07, 6.45) is 1.32. The minimum Gasteiger partial charge on any atom is -0.305 e. The molecule has 0 saturated carbocycles. The standard InChI is InChI=1S/C13H16FNO/c1-8(2)15-12-7-6-9-10(13(12)16)4-3-5-11(9)14/h3-5,8,12,15H,6-7H2,1-2H3. The molecule has 1 aliphatic carbocycles. The van der Waals surface area contributed by atoms with E-state index >= 15 is 0 Å². The molecule has 1 N–H and O–H groups in total. The monoisotopic (exact) mass is 221 g/mol. The fourth-order valence-electron chi connectivity index (χ4n) is 2.21. The van der Waals surface area contributed by atoms with Crippen LogP contribution in [0.1, 0.15) is 36.2 Å². The van der Waals surface area contributed by atoms with Crippen LogP contribution in [-0.2, 0) is 6.42 Å². The van der Waals surface area contributed by atoms with Crippen LogP contribution in [0.2, 0.25) is 0 Å². The molecule has 1 atom stereocenters. The first-order valence-electron chi connectivity index (χ1n) is 5.67. The van der Waals surface area contributed by atoms with Crippen LogP contribution >= 0.6 is 0 Å². The quantitative estimate of drug-likeness (QED) is 0.830. The third-order valence-corrected chi connectivity index (χ3v) is 2.92. The molecule has 0 aliphatic heterocycles. The van der Waals surface area contributed by atoms with Gasteiger partial charge in [0.2, 0.25) is 0 Å². The average Bonchev–Trinajstić information content (AvgIpc) is 2.23. The van der Waals surface area contributed by atoms with E-state index in [0.29, 0.717) is 24.0 Å². The van der Waals surface area contributed by atoms with Crippen molar-refractivity contribution < 1.29 is 9.18 Å². The van der Waals surface area contributed by atoms with Gasteiger partial charge in [-0.2, -0.15) is 0 Å². The lowest BCUT2D eigenvalue weighted by Crippen LogP contribution is -2.43. The van der Waals surface area contributed by atoms with E-state index in [1.807, 2.05) is 13.8 Å². The smallest absolute Gasteiger partial charge is 0.180 e. The van der Waals surface area contributed by atoms with Gasteiger partial charge in [0.15, 0.2) is 5.78 Å². The van der Waals surface area contributed by atoms with Gasteiger partial charge >= 0.3 is 0 Å². The highest BCUT2D eigenvalue weighted by molar-refractivity contribution is 6.02. The number of hydrogen-bond acceptors (Lipinski definition) is 2. The molecule has 2 nitrogen and oxygen atoms in total. The van der Waals surface area contributed by atoms with E-state index in [2.05, 4.69) is 5.32 Å². The number of fused-ring (bicyclic) bond motifs is 1. The van der Waals surface area contributed by atoms with Crippen molar-refractivity contribution in [2.75, 3.05) is 0 Å². The number of benzene rings is 1. The molecule has 0 amide bonds. The zero-order chi connectivity index (χ0) is 11.7. The van der Waals surface area contributed by atoms with Crippen LogP contribution in [0.3, 0.4) is 0 Å². The molecule has 0 spiro atoms. The summed E-state index contributed by atoms with van der Waals surface area (Å²) in [7, 11) is 0. The first kappa shape index (κ1) is 11.3. The summed E-state index contributed by atoms with van der Waals surface area (Å²) in [5.74, 6) is -0.233. The third-order valence-electron chi connectivity index (χ3n) is 2.92. The molecule has 0 radical (unpaired) electrons. The molecule has 3 heteroatoms. The zero-order valence-electron chi connectivity index (χ0n) is 9.59. The Morgan fingerprint density at radius 1 is 1.44 bits per heavy atom. The lowest BCUT2D eigenvalue weighted by Gasteiger charge is -2.26. The van der Waals surface area contributed by atoms with Crippen LogP contribution in [0, 0.1) is 5.82 Å². The largest absolute Gasteiger partial charge is 0.305 e. The Labute approximate surface area is 94.9 Å². The summed E-state index contributed by atoms with van der Waals surface area (Å²) in [6.45, 7) is 4.02. The second kappa shape index (κ2) is 4.34. The topological polar surface area (TPSA) is 29.1 Å². The first-order valence-corrected chi connectivity index (χ1v) is 5.67. The van der Waals surface area contributed by atoms with Gasteiger partial charge in [0.05, 0.1) is 6.04 Å². The second-order valence-electron chi connectivity index (χ2n) is 4.54. The van der Waals surface area contributed by atoms with Crippen molar-refractivity contribution in [1.82, 2.24) is 5.32 Å². The van der Waals surface area contributed by atoms with E-state index in [1.165, 1.54) is 6.07 Å². The van der Waals surface area contributed by atoms with Crippen molar-refractivity contribution in [2.24, 2.45) is 0 Å². The Morgan fingerprint density at radius 2 is 2.19 bits per heavy atom. The van der Waals surface area contributed by atoms with Crippen LogP contribution in [-0.4, -0.2) is 17.9 Å². The van der Waals surface area contributed by atoms with Gasteiger partial charge in [-0.15, -0.1) is 0 Å². The summed E-state index contributed by atoms with van der Waals surface area (Å²) in [5.41, 5.74) is 1.12. The number of ketones is 1. The van der Waals surface area contributed by atoms with E-state index in [-0.39, 0.29) is 23.7 Å². The highest BCUT2D eigenvalue weighted by Gasteiger charge is 2.28. The maximum Gasteiger partial charge on any atom is 0.180 e. The highest BCUT2D eigenvalue weighted by Crippen LogP contribution is 2.24. The van der Waals surface area contributed by atoms with Gasteiger partial charge in [-0.3, -0.25) is 4.79 Å². The molecule has 16 heavy (non-hydrogen) atoms. The zero-order valence-corrected chi connectivity index (χ0v) is 9.59. The van der Waals surface area contributed by atoms with Gasteiger partial charge in [-0.25, -0.2) is 4.39 Å². The second-order valence-corrected chi connectivity index (χ2v) is 4.54. The lowest BCUT2D eigenvalue weighted by atomic mass is 9.86. The molecule has 1 aromatic rings. The van der Waals surface area contributed by atoms with Crippen molar-refractivity contribution in [3.63, 3.8) is 0 Å². The molecule has 1 unspecified atom stereocenters. The maximum absolute atomic E-state index is 13.5. The number of Topliss-reactive ketones (excluding diaryl/α,β-unsaturated/α-hetero) is 1. The summed E-state index contributed by atoms with van der Waals surface area (Å²) in [5, 5.41) is 3.22. The molecule has 86 valence electrons. The predicted molar refractivity (Wildman–Crippen MR) is 61.1 cm³/mol. The molecule has 2 rings (SSSR count). The van der Waals surface area contributed by atoms with Gasteiger partial charge in [0.1, 0.15) is 5.82 Å². The van der Waals surface area contributed by atoms with Crippen LogP contribution in [0.25, 0.3) is 0 Å². The molecule has 0 bridgehead atoms. The molecule has 0 fully saturated rings. The summed E-state index contributed by atoms with van der Waals surface area (Å²) >= 11 is 0. The van der Waals surface area contributed by atoms with Crippen molar-refractivity contribution in [3.05, 3.63) is 35.1 Å². The number of carbonyl (C=O) groups is 1.